The third-order valence-electron chi connectivity index (χ3n) is 1.27. The summed E-state index contributed by atoms with van der Waals surface area (Å²) in [6, 6.07) is 0. The van der Waals surface area contributed by atoms with Crippen molar-refractivity contribution < 1.29 is 19.1 Å². The number of carbonyl (C=O) groups is 3. The number of alkyl halides is 4. The Morgan fingerprint density at radius 3 is 2.20 bits per heavy atom. The Labute approximate surface area is 106 Å². The molecule has 0 spiro atoms. The first kappa shape index (κ1) is 15.0. The summed E-state index contributed by atoms with van der Waals surface area (Å²) in [6.07, 6.45) is 0.102. The van der Waals surface area contributed by atoms with Crippen molar-refractivity contribution in [2.75, 3.05) is 11.8 Å². The van der Waals surface area contributed by atoms with E-state index in [-0.39, 0.29) is 6.29 Å². The topological polar surface area (TPSA) is 60.4 Å². The van der Waals surface area contributed by atoms with Crippen molar-refractivity contribution in [1.82, 2.24) is 0 Å². The van der Waals surface area contributed by atoms with Crippen LogP contribution in [0.3, 0.4) is 0 Å². The molecule has 0 aromatic heterocycles. The summed E-state index contributed by atoms with van der Waals surface area (Å²) in [5.41, 5.74) is 0. The molecule has 0 fully saturated rings. The summed E-state index contributed by atoms with van der Waals surface area (Å²) in [6.45, 7) is 0. The van der Waals surface area contributed by atoms with Crippen LogP contribution < -0.4 is 0 Å². The number of aldehydes is 1. The first-order valence-electron chi connectivity index (χ1n) is 3.58. The van der Waals surface area contributed by atoms with E-state index in [2.05, 4.69) is 4.74 Å². The Morgan fingerprint density at radius 1 is 1.33 bits per heavy atom. The van der Waals surface area contributed by atoms with Crippen LogP contribution >= 0.6 is 46.4 Å². The van der Waals surface area contributed by atoms with Crippen LogP contribution in [0.4, 0.5) is 0 Å². The van der Waals surface area contributed by atoms with Gasteiger partial charge in [0.05, 0.1) is 11.8 Å². The van der Waals surface area contributed by atoms with Gasteiger partial charge < -0.3 is 9.53 Å². The third-order valence-corrected chi connectivity index (χ3v) is 2.61. The molecule has 1 atom stereocenters. The number of halogens is 4. The molecular formula is C7H6Cl4O4. The smallest absolute Gasteiger partial charge is 0.326 e. The maximum absolute atomic E-state index is 11.2. The third kappa shape index (κ3) is 5.02. The number of esters is 1. The van der Waals surface area contributed by atoms with Crippen LogP contribution in [0.2, 0.25) is 0 Å². The lowest BCUT2D eigenvalue weighted by Crippen LogP contribution is -2.34. The molecule has 0 aliphatic carbocycles. The number of ether oxygens (including phenoxy) is 1. The second-order valence-corrected chi connectivity index (χ2v) is 4.35. The van der Waals surface area contributed by atoms with E-state index in [9.17, 15) is 14.4 Å². The van der Waals surface area contributed by atoms with Crippen molar-refractivity contribution in [1.29, 1.82) is 0 Å². The molecule has 1 unspecified atom stereocenters. The second-order valence-electron chi connectivity index (χ2n) is 2.41. The quantitative estimate of drug-likeness (QED) is 0.323. The summed E-state index contributed by atoms with van der Waals surface area (Å²) < 4.78 is 2.45. The molecule has 0 aliphatic rings. The SMILES string of the molecule is O=CC(C(=O)CCl)C(=O)OC(Cl)(Cl)CCl. The maximum atomic E-state index is 11.2. The molecule has 0 heterocycles. The zero-order chi connectivity index (χ0) is 12.1. The number of hydrogen-bond acceptors (Lipinski definition) is 4. The zero-order valence-electron chi connectivity index (χ0n) is 7.21. The molecule has 0 aromatic rings. The van der Waals surface area contributed by atoms with Gasteiger partial charge in [-0.25, -0.2) is 0 Å². The van der Waals surface area contributed by atoms with Crippen molar-refractivity contribution in [3.05, 3.63) is 0 Å². The Morgan fingerprint density at radius 2 is 1.87 bits per heavy atom. The molecule has 4 nitrogen and oxygen atoms in total. The molecule has 0 bridgehead atoms. The number of Topliss-reactive ketones (excluding diaryl/α,β-unsaturated/α-hetero) is 1. The summed E-state index contributed by atoms with van der Waals surface area (Å²) in [5, 5.41) is 0. The van der Waals surface area contributed by atoms with E-state index in [1.54, 1.807) is 0 Å². The van der Waals surface area contributed by atoms with Crippen molar-refractivity contribution in [3.63, 3.8) is 0 Å². The van der Waals surface area contributed by atoms with Crippen LogP contribution in [0, 0.1) is 5.92 Å². The van der Waals surface area contributed by atoms with Gasteiger partial charge in [-0.1, -0.05) is 23.2 Å². The lowest BCUT2D eigenvalue weighted by molar-refractivity contribution is -0.154. The monoisotopic (exact) mass is 294 g/mol. The maximum Gasteiger partial charge on any atom is 0.326 e. The predicted octanol–water partition coefficient (Wildman–Crippen LogP) is 1.52. The summed E-state index contributed by atoms with van der Waals surface area (Å²) in [7, 11) is 0. The van der Waals surface area contributed by atoms with Crippen molar-refractivity contribution >= 4 is 64.4 Å². The first-order valence-corrected chi connectivity index (χ1v) is 5.41. The average Bonchev–Trinajstić information content (AvgIpc) is 2.17. The van der Waals surface area contributed by atoms with Crippen LogP contribution in [0.5, 0.6) is 0 Å². The minimum absolute atomic E-state index is 0.102. The lowest BCUT2D eigenvalue weighted by Gasteiger charge is -2.18. The number of hydrogen-bond donors (Lipinski definition) is 0. The van der Waals surface area contributed by atoms with Crippen molar-refractivity contribution in [2.45, 2.75) is 4.52 Å². The molecule has 0 radical (unpaired) electrons. The van der Waals surface area contributed by atoms with Gasteiger partial charge in [0.2, 0.25) is 0 Å². The highest BCUT2D eigenvalue weighted by Crippen LogP contribution is 2.25. The number of ketones is 1. The molecule has 8 heteroatoms. The fraction of sp³-hybridized carbons (Fsp3) is 0.571. The highest BCUT2D eigenvalue weighted by atomic mass is 35.5. The van der Waals surface area contributed by atoms with Crippen LogP contribution in [-0.4, -0.2) is 34.3 Å². The normalized spacial score (nSPS) is 13.1. The Bertz CT molecular complexity index is 266. The van der Waals surface area contributed by atoms with Gasteiger partial charge in [-0.05, 0) is 0 Å². The van der Waals surface area contributed by atoms with E-state index in [0.717, 1.165) is 0 Å². The van der Waals surface area contributed by atoms with E-state index in [1.165, 1.54) is 0 Å². The molecule has 0 saturated carbocycles. The molecule has 0 rings (SSSR count). The Hall–Kier alpha value is -0.0300. The van der Waals surface area contributed by atoms with Gasteiger partial charge in [-0.15, -0.1) is 23.2 Å². The van der Waals surface area contributed by atoms with Gasteiger partial charge in [0, 0.05) is 0 Å². The van der Waals surface area contributed by atoms with Crippen molar-refractivity contribution in [2.24, 2.45) is 5.92 Å². The minimum atomic E-state index is -1.97. The minimum Gasteiger partial charge on any atom is -0.427 e. The molecule has 0 aliphatic heterocycles. The lowest BCUT2D eigenvalue weighted by atomic mass is 10.1. The average molecular weight is 296 g/mol. The molecule has 86 valence electrons. The summed E-state index contributed by atoms with van der Waals surface area (Å²) in [5.74, 6) is -4.49. The molecule has 0 N–H and O–H groups in total. The van der Waals surface area contributed by atoms with Crippen LogP contribution in [0.15, 0.2) is 0 Å². The molecule has 0 aromatic carbocycles. The molecule has 0 amide bonds. The second kappa shape index (κ2) is 6.53. The highest BCUT2D eigenvalue weighted by molar-refractivity contribution is 6.50. The molecule has 0 saturated heterocycles. The standard InChI is InChI=1S/C7H6Cl4O4/c8-1-5(13)4(2-12)6(14)15-7(10,11)3-9/h2,4H,1,3H2. The van der Waals surface area contributed by atoms with Crippen LogP contribution in [0.25, 0.3) is 0 Å². The van der Waals surface area contributed by atoms with E-state index >= 15 is 0 Å². The fourth-order valence-electron chi connectivity index (χ4n) is 0.584. The zero-order valence-corrected chi connectivity index (χ0v) is 10.2. The Kier molecular flexibility index (Phi) is 6.52. The summed E-state index contributed by atoms with van der Waals surface area (Å²) in [4.78, 5) is 32.6. The van der Waals surface area contributed by atoms with Gasteiger partial charge in [0.25, 0.3) is 4.52 Å². The first-order chi connectivity index (χ1) is 6.87. The molecule has 15 heavy (non-hydrogen) atoms. The van der Waals surface area contributed by atoms with Gasteiger partial charge in [-0.3, -0.25) is 9.59 Å². The van der Waals surface area contributed by atoms with Crippen molar-refractivity contribution in [3.8, 4) is 0 Å². The molecular weight excluding hydrogens is 290 g/mol. The van der Waals surface area contributed by atoms with E-state index in [1.807, 2.05) is 0 Å². The van der Waals surface area contributed by atoms with Gasteiger partial charge >= 0.3 is 5.97 Å². The van der Waals surface area contributed by atoms with E-state index < -0.39 is 33.9 Å². The summed E-state index contributed by atoms with van der Waals surface area (Å²) >= 11 is 21.2. The largest absolute Gasteiger partial charge is 0.427 e. The Balaban J connectivity index is 4.55. The van der Waals surface area contributed by atoms with Crippen LogP contribution in [0.1, 0.15) is 0 Å². The van der Waals surface area contributed by atoms with Gasteiger partial charge in [0.1, 0.15) is 6.29 Å². The van der Waals surface area contributed by atoms with Crippen LogP contribution in [-0.2, 0) is 19.1 Å². The van der Waals surface area contributed by atoms with Gasteiger partial charge in [-0.2, -0.15) is 0 Å². The number of carbonyl (C=O) groups excluding carboxylic acids is 3. The number of rotatable bonds is 6. The van der Waals surface area contributed by atoms with E-state index in [0.29, 0.717) is 0 Å². The van der Waals surface area contributed by atoms with E-state index in [4.69, 9.17) is 46.4 Å². The van der Waals surface area contributed by atoms with Gasteiger partial charge in [0.15, 0.2) is 11.7 Å². The predicted molar refractivity (Wildman–Crippen MR) is 56.5 cm³/mol. The highest BCUT2D eigenvalue weighted by Gasteiger charge is 2.34. The fourth-order valence-corrected chi connectivity index (χ4v) is 0.957.